The number of hydrogen-bond donors (Lipinski definition) is 3. The van der Waals surface area contributed by atoms with Crippen LogP contribution in [0.25, 0.3) is 11.3 Å². The second kappa shape index (κ2) is 8.78. The number of rotatable bonds is 6. The average Bonchev–Trinajstić information content (AvgIpc) is 3.72. The quantitative estimate of drug-likeness (QED) is 0.482. The number of fused-ring (bicyclic) bond motifs is 3. The van der Waals surface area contributed by atoms with Crippen LogP contribution in [0.15, 0.2) is 24.7 Å². The van der Waals surface area contributed by atoms with Crippen LogP contribution in [0.2, 0.25) is 0 Å². The van der Waals surface area contributed by atoms with Gasteiger partial charge in [0.05, 0.1) is 47.7 Å². The van der Waals surface area contributed by atoms with Crippen molar-refractivity contribution in [1.29, 1.82) is 0 Å². The molecular weight excluding hydrogens is 450 g/mol. The van der Waals surface area contributed by atoms with E-state index in [-0.39, 0.29) is 35.1 Å². The molecular formula is C23H25N9O3. The van der Waals surface area contributed by atoms with E-state index in [4.69, 9.17) is 8.85 Å². The Kier molecular flexibility index (Phi) is 4.77. The number of nitrogens with one attached hydrogen (secondary N) is 3. The third kappa shape index (κ3) is 3.96. The molecule has 5 rings (SSSR count). The van der Waals surface area contributed by atoms with Crippen molar-refractivity contribution in [2.45, 2.75) is 25.8 Å². The predicted octanol–water partition coefficient (Wildman–Crippen LogP) is 2.30. The van der Waals surface area contributed by atoms with Crippen molar-refractivity contribution in [3.8, 4) is 17.0 Å². The molecule has 12 nitrogen and oxygen atoms in total. The standard InChI is InChI=1S/C23H25N9O3/c1-11-17-19(26-8-7-25-17)16-14(35-4)10-27-21(20(16)32(11)3)28-13-9-15(29-22(33)12-5-6-12)30-31-18(13)23(34)24-2/h7-12H,5-6H2,1-4H3,(H,24,34)(H2,27,28,29,30,33)/t11-/m1/s1/i2D3. The molecule has 0 bridgehead atoms. The fourth-order valence-electron chi connectivity index (χ4n) is 4.00. The van der Waals surface area contributed by atoms with E-state index in [0.717, 1.165) is 18.5 Å². The van der Waals surface area contributed by atoms with E-state index < -0.39 is 12.9 Å². The van der Waals surface area contributed by atoms with Gasteiger partial charge in [-0.25, -0.2) is 4.98 Å². The molecule has 0 radical (unpaired) electrons. The molecule has 1 fully saturated rings. The molecule has 3 aromatic heterocycles. The van der Waals surface area contributed by atoms with Crippen LogP contribution in [0, 0.1) is 5.92 Å². The molecule has 35 heavy (non-hydrogen) atoms. The highest BCUT2D eigenvalue weighted by Gasteiger charge is 2.34. The molecule has 1 atom stereocenters. The van der Waals surface area contributed by atoms with E-state index in [0.29, 0.717) is 28.5 Å². The highest BCUT2D eigenvalue weighted by atomic mass is 16.5. The number of hydrogen-bond acceptors (Lipinski definition) is 10. The van der Waals surface area contributed by atoms with Crippen molar-refractivity contribution in [2.24, 2.45) is 5.92 Å². The van der Waals surface area contributed by atoms with Gasteiger partial charge in [0.2, 0.25) is 5.91 Å². The SMILES string of the molecule is [2H]C([2H])([2H])NC(=O)c1nnc(NC(=O)C2CC2)cc1Nc1ncc(OC)c2c1N(C)[C@H](C)c1nccnc1-2. The zero-order valence-electron chi connectivity index (χ0n) is 22.3. The van der Waals surface area contributed by atoms with Gasteiger partial charge in [-0.05, 0) is 19.8 Å². The molecule has 12 heteroatoms. The Morgan fingerprint density at radius 2 is 2.00 bits per heavy atom. The summed E-state index contributed by atoms with van der Waals surface area (Å²) in [7, 11) is 3.39. The molecule has 3 aromatic rings. The van der Waals surface area contributed by atoms with Crippen molar-refractivity contribution in [1.82, 2.24) is 30.5 Å². The van der Waals surface area contributed by atoms with Crippen molar-refractivity contribution < 1.29 is 18.4 Å². The summed E-state index contributed by atoms with van der Waals surface area (Å²) in [5.74, 6) is -0.360. The lowest BCUT2D eigenvalue weighted by atomic mass is 9.97. The largest absolute Gasteiger partial charge is 0.494 e. The van der Waals surface area contributed by atoms with Gasteiger partial charge in [-0.15, -0.1) is 10.2 Å². The smallest absolute Gasteiger partial charge is 0.273 e. The van der Waals surface area contributed by atoms with Crippen LogP contribution in [-0.4, -0.2) is 58.1 Å². The first-order valence-electron chi connectivity index (χ1n) is 12.5. The Morgan fingerprint density at radius 1 is 1.20 bits per heavy atom. The lowest BCUT2D eigenvalue weighted by molar-refractivity contribution is -0.117. The first-order valence-corrected chi connectivity index (χ1v) is 11.0. The van der Waals surface area contributed by atoms with Gasteiger partial charge in [-0.2, -0.15) is 0 Å². The second-order valence-electron chi connectivity index (χ2n) is 8.31. The van der Waals surface area contributed by atoms with Gasteiger partial charge < -0.3 is 25.6 Å². The summed E-state index contributed by atoms with van der Waals surface area (Å²) in [6.45, 7) is -0.779. The number of nitrogens with zero attached hydrogens (tertiary/aromatic N) is 6. The number of carbonyl (C=O) groups excluding carboxylic acids is 2. The summed E-state index contributed by atoms with van der Waals surface area (Å²) in [5, 5.41) is 15.6. The number of carbonyl (C=O) groups is 2. The molecule has 1 saturated carbocycles. The molecule has 4 heterocycles. The molecule has 3 N–H and O–H groups in total. The Hall–Kier alpha value is -4.35. The molecule has 0 aromatic carbocycles. The topological polar surface area (TPSA) is 147 Å². The van der Waals surface area contributed by atoms with E-state index in [2.05, 4.69) is 35.8 Å². The van der Waals surface area contributed by atoms with Crippen molar-refractivity contribution in [2.75, 3.05) is 36.7 Å². The molecule has 1 aliphatic carbocycles. The van der Waals surface area contributed by atoms with Crippen LogP contribution in [0.5, 0.6) is 5.75 Å². The van der Waals surface area contributed by atoms with Crippen molar-refractivity contribution in [3.05, 3.63) is 36.0 Å². The number of methoxy groups -OCH3 is 1. The predicted molar refractivity (Wildman–Crippen MR) is 129 cm³/mol. The number of amides is 2. The van der Waals surface area contributed by atoms with Crippen LogP contribution in [0.3, 0.4) is 0 Å². The third-order valence-corrected chi connectivity index (χ3v) is 6.11. The van der Waals surface area contributed by atoms with Crippen LogP contribution in [0.1, 0.15) is 46.1 Å². The van der Waals surface area contributed by atoms with E-state index in [1.807, 2.05) is 24.2 Å². The fourth-order valence-corrected chi connectivity index (χ4v) is 4.00. The lowest BCUT2D eigenvalue weighted by Crippen LogP contribution is -2.29. The summed E-state index contributed by atoms with van der Waals surface area (Å²) in [6.07, 6.45) is 6.31. The zero-order valence-corrected chi connectivity index (χ0v) is 19.3. The summed E-state index contributed by atoms with van der Waals surface area (Å²) in [5.41, 5.74) is 2.45. The highest BCUT2D eigenvalue weighted by molar-refractivity contribution is 6.01. The number of aromatic nitrogens is 5. The molecule has 0 saturated heterocycles. The average molecular weight is 479 g/mol. The fraction of sp³-hybridized carbons (Fsp3) is 0.348. The summed E-state index contributed by atoms with van der Waals surface area (Å²) >= 11 is 0. The first kappa shape index (κ1) is 19.0. The van der Waals surface area contributed by atoms with E-state index in [1.165, 1.54) is 19.4 Å². The maximum absolute atomic E-state index is 12.8. The number of anilines is 4. The van der Waals surface area contributed by atoms with Crippen LogP contribution in [0.4, 0.5) is 23.0 Å². The van der Waals surface area contributed by atoms with Crippen molar-refractivity contribution in [3.63, 3.8) is 0 Å². The van der Waals surface area contributed by atoms with Gasteiger partial charge in [-0.1, -0.05) is 0 Å². The Balaban J connectivity index is 1.61. The maximum Gasteiger partial charge on any atom is 0.273 e. The summed E-state index contributed by atoms with van der Waals surface area (Å²) in [4.78, 5) is 40.6. The van der Waals surface area contributed by atoms with E-state index >= 15 is 0 Å². The minimum absolute atomic E-state index is 0.0849. The number of pyridine rings is 1. The summed E-state index contributed by atoms with van der Waals surface area (Å²) in [6, 6.07) is 1.24. The molecule has 0 spiro atoms. The zero-order chi connectivity index (χ0) is 27.2. The Morgan fingerprint density at radius 3 is 2.74 bits per heavy atom. The van der Waals surface area contributed by atoms with Gasteiger partial charge >= 0.3 is 0 Å². The van der Waals surface area contributed by atoms with E-state index in [1.54, 1.807) is 12.4 Å². The Labute approximate surface area is 205 Å². The van der Waals surface area contributed by atoms with Gasteiger partial charge in [-0.3, -0.25) is 19.6 Å². The molecule has 0 unspecified atom stereocenters. The minimum Gasteiger partial charge on any atom is -0.494 e. The minimum atomic E-state index is -2.75. The molecule has 2 amide bonds. The van der Waals surface area contributed by atoms with Crippen LogP contribution in [-0.2, 0) is 4.79 Å². The van der Waals surface area contributed by atoms with Crippen LogP contribution < -0.4 is 25.6 Å². The first-order chi connectivity index (χ1) is 18.1. The van der Waals surface area contributed by atoms with Gasteiger partial charge in [0, 0.05) is 42.5 Å². The number of ether oxygens (including phenoxy) is 1. The Bertz CT molecular complexity index is 1430. The molecule has 1 aliphatic heterocycles. The normalized spacial score (nSPS) is 17.7. The van der Waals surface area contributed by atoms with Crippen LogP contribution >= 0.6 is 0 Å². The monoisotopic (exact) mass is 478 g/mol. The third-order valence-electron chi connectivity index (χ3n) is 6.11. The van der Waals surface area contributed by atoms with Gasteiger partial charge in [0.1, 0.15) is 5.75 Å². The van der Waals surface area contributed by atoms with Gasteiger partial charge in [0.25, 0.3) is 5.91 Å². The maximum atomic E-state index is 12.8. The summed E-state index contributed by atoms with van der Waals surface area (Å²) < 4.78 is 27.8. The highest BCUT2D eigenvalue weighted by Crippen LogP contribution is 2.49. The molecule has 2 aliphatic rings. The van der Waals surface area contributed by atoms with E-state index in [9.17, 15) is 9.59 Å². The molecule has 180 valence electrons. The second-order valence-corrected chi connectivity index (χ2v) is 8.31. The van der Waals surface area contributed by atoms with Crippen molar-refractivity contribution >= 4 is 34.8 Å². The van der Waals surface area contributed by atoms with Gasteiger partial charge in [0.15, 0.2) is 17.3 Å². The lowest BCUT2D eigenvalue weighted by Gasteiger charge is -2.35.